The summed E-state index contributed by atoms with van der Waals surface area (Å²) in [6, 6.07) is 17.9. The van der Waals surface area contributed by atoms with Crippen LogP contribution in [0.4, 0.5) is 4.39 Å². The Bertz CT molecular complexity index is 1070. The highest BCUT2D eigenvalue weighted by Crippen LogP contribution is 2.35. The second-order valence-electron chi connectivity index (χ2n) is 6.07. The number of hydrogen-bond donors (Lipinski definition) is 2. The Kier molecular flexibility index (Phi) is 4.98. The van der Waals surface area contributed by atoms with E-state index in [1.54, 1.807) is 18.4 Å². The fraction of sp³-hybridized carbons (Fsp3) is 0.0952. The summed E-state index contributed by atoms with van der Waals surface area (Å²) in [7, 11) is 0. The molecule has 2 heterocycles. The fourth-order valence-electron chi connectivity index (χ4n) is 2.91. The third kappa shape index (κ3) is 4.06. The van der Waals surface area contributed by atoms with Crippen molar-refractivity contribution in [2.75, 3.05) is 0 Å². The molecule has 0 aliphatic carbocycles. The van der Waals surface area contributed by atoms with E-state index < -0.39 is 0 Å². The van der Waals surface area contributed by atoms with Crippen molar-refractivity contribution < 1.29 is 13.6 Å². The van der Waals surface area contributed by atoms with Crippen molar-refractivity contribution in [3.63, 3.8) is 0 Å². The van der Waals surface area contributed by atoms with Crippen LogP contribution in [0.2, 0.25) is 0 Å². The van der Waals surface area contributed by atoms with Crippen molar-refractivity contribution >= 4 is 28.6 Å². The van der Waals surface area contributed by atoms with Gasteiger partial charge in [-0.3, -0.25) is 4.79 Å². The van der Waals surface area contributed by atoms with Crippen molar-refractivity contribution in [1.29, 1.82) is 0 Å². The van der Waals surface area contributed by atoms with Gasteiger partial charge in [-0.1, -0.05) is 36.0 Å². The van der Waals surface area contributed by atoms with Crippen molar-refractivity contribution in [1.82, 2.24) is 10.3 Å². The highest BCUT2D eigenvalue weighted by molar-refractivity contribution is 7.99. The normalized spacial score (nSPS) is 11.0. The smallest absolute Gasteiger partial charge is 0.224 e. The number of carbonyl (C=O) groups excluding carboxylic acids is 1. The van der Waals surface area contributed by atoms with E-state index in [9.17, 15) is 9.18 Å². The van der Waals surface area contributed by atoms with E-state index in [2.05, 4.69) is 10.3 Å². The number of aromatic amines is 1. The molecule has 4 rings (SSSR count). The number of aromatic nitrogens is 1. The number of fused-ring (bicyclic) bond motifs is 1. The lowest BCUT2D eigenvalue weighted by Crippen LogP contribution is -2.24. The Balaban J connectivity index is 1.58. The monoisotopic (exact) mass is 380 g/mol. The molecular formula is C21H17FN2O2S. The molecule has 4 nitrogen and oxygen atoms in total. The van der Waals surface area contributed by atoms with Gasteiger partial charge in [0.25, 0.3) is 0 Å². The average Bonchev–Trinajstić information content (AvgIpc) is 3.29. The Morgan fingerprint density at radius 1 is 1.11 bits per heavy atom. The molecule has 2 aromatic heterocycles. The maximum atomic E-state index is 13.5. The summed E-state index contributed by atoms with van der Waals surface area (Å²) in [5, 5.41) is 4.71. The first-order valence-electron chi connectivity index (χ1n) is 8.51. The molecule has 0 aliphatic rings. The molecule has 136 valence electrons. The number of benzene rings is 2. The van der Waals surface area contributed by atoms with Gasteiger partial charge in [0.05, 0.1) is 24.3 Å². The zero-order valence-electron chi connectivity index (χ0n) is 14.4. The summed E-state index contributed by atoms with van der Waals surface area (Å²) >= 11 is 1.42. The molecule has 4 aromatic rings. The number of carbonyl (C=O) groups is 1. The zero-order valence-corrected chi connectivity index (χ0v) is 15.2. The lowest BCUT2D eigenvalue weighted by Gasteiger charge is -2.06. The molecule has 2 aromatic carbocycles. The lowest BCUT2D eigenvalue weighted by molar-refractivity contribution is -0.120. The maximum Gasteiger partial charge on any atom is 0.224 e. The first-order valence-corrected chi connectivity index (χ1v) is 9.33. The van der Waals surface area contributed by atoms with E-state index >= 15 is 0 Å². The van der Waals surface area contributed by atoms with E-state index in [-0.39, 0.29) is 18.1 Å². The van der Waals surface area contributed by atoms with Crippen LogP contribution in [0.3, 0.4) is 0 Å². The first-order chi connectivity index (χ1) is 13.2. The number of H-pyrrole nitrogens is 1. The summed E-state index contributed by atoms with van der Waals surface area (Å²) in [4.78, 5) is 16.6. The molecule has 0 saturated heterocycles. The van der Waals surface area contributed by atoms with Crippen molar-refractivity contribution in [3.05, 3.63) is 84.1 Å². The van der Waals surface area contributed by atoms with Crippen LogP contribution in [-0.2, 0) is 17.8 Å². The Hall–Kier alpha value is -2.99. The zero-order chi connectivity index (χ0) is 18.6. The Morgan fingerprint density at radius 3 is 2.81 bits per heavy atom. The van der Waals surface area contributed by atoms with E-state index in [1.807, 2.05) is 36.4 Å². The number of furan rings is 1. The predicted molar refractivity (Wildman–Crippen MR) is 103 cm³/mol. The van der Waals surface area contributed by atoms with E-state index in [4.69, 9.17) is 4.42 Å². The van der Waals surface area contributed by atoms with Crippen molar-refractivity contribution in [2.24, 2.45) is 0 Å². The lowest BCUT2D eigenvalue weighted by atomic mass is 10.1. The molecule has 0 saturated carbocycles. The molecule has 0 radical (unpaired) electrons. The average molecular weight is 380 g/mol. The summed E-state index contributed by atoms with van der Waals surface area (Å²) in [5.41, 5.74) is 1.85. The second-order valence-corrected chi connectivity index (χ2v) is 7.15. The summed E-state index contributed by atoms with van der Waals surface area (Å²) in [5.74, 6) is 0.322. The number of para-hydroxylation sites is 1. The van der Waals surface area contributed by atoms with Crippen molar-refractivity contribution in [3.8, 4) is 0 Å². The topological polar surface area (TPSA) is 58.0 Å². The van der Waals surface area contributed by atoms with Gasteiger partial charge in [-0.05, 0) is 36.4 Å². The third-order valence-electron chi connectivity index (χ3n) is 4.17. The molecular weight excluding hydrogens is 363 g/mol. The molecule has 1 amide bonds. The van der Waals surface area contributed by atoms with Gasteiger partial charge >= 0.3 is 0 Å². The maximum absolute atomic E-state index is 13.5. The van der Waals surface area contributed by atoms with Gasteiger partial charge in [0.15, 0.2) is 0 Å². The SMILES string of the molecule is O=C(Cc1c(Sc2cccc(F)c2)[nH]c2ccccc12)NCc1ccco1. The van der Waals surface area contributed by atoms with Crippen LogP contribution in [-0.4, -0.2) is 10.9 Å². The van der Waals surface area contributed by atoms with Gasteiger partial charge in [-0.25, -0.2) is 4.39 Å². The van der Waals surface area contributed by atoms with E-state index in [0.29, 0.717) is 12.3 Å². The minimum Gasteiger partial charge on any atom is -0.467 e. The van der Waals surface area contributed by atoms with Gasteiger partial charge in [0.2, 0.25) is 5.91 Å². The number of amides is 1. The van der Waals surface area contributed by atoms with Gasteiger partial charge in [0, 0.05) is 21.4 Å². The first kappa shape index (κ1) is 17.4. The van der Waals surface area contributed by atoms with Gasteiger partial charge in [-0.15, -0.1) is 0 Å². The number of nitrogens with one attached hydrogen (secondary N) is 2. The van der Waals surface area contributed by atoms with Crippen LogP contribution >= 0.6 is 11.8 Å². The third-order valence-corrected chi connectivity index (χ3v) is 5.21. The van der Waals surface area contributed by atoms with Crippen LogP contribution in [0.15, 0.2) is 81.3 Å². The minimum atomic E-state index is -0.283. The highest BCUT2D eigenvalue weighted by atomic mass is 32.2. The van der Waals surface area contributed by atoms with Crippen LogP contribution < -0.4 is 5.32 Å². The minimum absolute atomic E-state index is 0.0998. The molecule has 0 bridgehead atoms. The Morgan fingerprint density at radius 2 is 2.00 bits per heavy atom. The largest absolute Gasteiger partial charge is 0.467 e. The van der Waals surface area contributed by atoms with Gasteiger partial charge < -0.3 is 14.7 Å². The van der Waals surface area contributed by atoms with E-state index in [0.717, 1.165) is 26.4 Å². The highest BCUT2D eigenvalue weighted by Gasteiger charge is 2.16. The summed E-state index contributed by atoms with van der Waals surface area (Å²) in [6.07, 6.45) is 1.80. The van der Waals surface area contributed by atoms with Crippen LogP contribution in [0.5, 0.6) is 0 Å². The van der Waals surface area contributed by atoms with E-state index in [1.165, 1.54) is 23.9 Å². The molecule has 2 N–H and O–H groups in total. The van der Waals surface area contributed by atoms with Gasteiger partial charge in [0.1, 0.15) is 11.6 Å². The predicted octanol–water partition coefficient (Wildman–Crippen LogP) is 4.91. The second kappa shape index (κ2) is 7.72. The summed E-state index contributed by atoms with van der Waals surface area (Å²) in [6.45, 7) is 0.348. The van der Waals surface area contributed by atoms with Crippen LogP contribution in [0.25, 0.3) is 10.9 Å². The molecule has 0 spiro atoms. The van der Waals surface area contributed by atoms with Gasteiger partial charge in [-0.2, -0.15) is 0 Å². The number of halogens is 1. The molecule has 0 unspecified atom stereocenters. The molecule has 27 heavy (non-hydrogen) atoms. The molecule has 0 fully saturated rings. The number of hydrogen-bond acceptors (Lipinski definition) is 3. The van der Waals surface area contributed by atoms with Crippen LogP contribution in [0, 0.1) is 5.82 Å². The standard InChI is InChI=1S/C21H17FN2O2S/c22-14-5-3-7-16(11-14)27-21-18(17-8-1-2-9-19(17)24-21)12-20(25)23-13-15-6-4-10-26-15/h1-11,24H,12-13H2,(H,23,25). The van der Waals surface area contributed by atoms with Crippen LogP contribution in [0.1, 0.15) is 11.3 Å². The Labute approximate surface area is 159 Å². The fourth-order valence-corrected chi connectivity index (χ4v) is 3.93. The quantitative estimate of drug-likeness (QED) is 0.500. The number of rotatable bonds is 6. The summed E-state index contributed by atoms with van der Waals surface area (Å²) < 4.78 is 18.8. The molecule has 0 aliphatic heterocycles. The molecule has 0 atom stereocenters. The molecule has 6 heteroatoms. The van der Waals surface area contributed by atoms with Crippen molar-refractivity contribution in [2.45, 2.75) is 22.9 Å².